The topological polar surface area (TPSA) is 128 Å². The van der Waals surface area contributed by atoms with Crippen LogP contribution in [0.5, 0.6) is 0 Å². The summed E-state index contributed by atoms with van der Waals surface area (Å²) in [7, 11) is 0. The van der Waals surface area contributed by atoms with E-state index in [1.54, 1.807) is 0 Å². The summed E-state index contributed by atoms with van der Waals surface area (Å²) in [5, 5.41) is 13.6. The number of nitrogens with zero attached hydrogens (tertiary/aromatic N) is 3. The van der Waals surface area contributed by atoms with Gasteiger partial charge >= 0.3 is 12.1 Å². The number of oxazole rings is 1. The molecular formula is C18H16F4N4O4. The van der Waals surface area contributed by atoms with Crippen LogP contribution in [0.3, 0.4) is 0 Å². The summed E-state index contributed by atoms with van der Waals surface area (Å²) in [6.45, 7) is 0. The summed E-state index contributed by atoms with van der Waals surface area (Å²) >= 11 is 0. The number of amides is 1. The third-order valence-corrected chi connectivity index (χ3v) is 4.29. The zero-order valence-corrected chi connectivity index (χ0v) is 15.3. The minimum Gasteiger partial charge on any atom is -0.444 e. The third-order valence-electron chi connectivity index (χ3n) is 4.29. The number of hydrogen-bond acceptors (Lipinski definition) is 7. The van der Waals surface area contributed by atoms with Crippen LogP contribution in [0.15, 0.2) is 39.5 Å². The van der Waals surface area contributed by atoms with Crippen LogP contribution in [0.2, 0.25) is 0 Å². The van der Waals surface area contributed by atoms with Gasteiger partial charge in [0, 0.05) is 17.9 Å². The van der Waals surface area contributed by atoms with Crippen molar-refractivity contribution in [2.75, 3.05) is 0 Å². The lowest BCUT2D eigenvalue weighted by Gasteiger charge is -2.15. The molecular weight excluding hydrogens is 412 g/mol. The molecule has 2 unspecified atom stereocenters. The summed E-state index contributed by atoms with van der Waals surface area (Å²) in [6, 6.07) is 5.34. The smallest absolute Gasteiger partial charge is 0.444 e. The summed E-state index contributed by atoms with van der Waals surface area (Å²) in [4.78, 5) is 19.0. The van der Waals surface area contributed by atoms with Crippen molar-refractivity contribution in [2.45, 2.75) is 31.5 Å². The Bertz CT molecular complexity index is 1000. The Kier molecular flexibility index (Phi) is 6.15. The van der Waals surface area contributed by atoms with Crippen LogP contribution in [0.25, 0.3) is 11.5 Å². The zero-order chi connectivity index (χ0) is 21.9. The number of aryl methyl sites for hydroxylation is 1. The Balaban J connectivity index is 1.63. The number of benzene rings is 1. The molecule has 0 aliphatic carbocycles. The molecule has 1 amide bonds. The molecule has 0 fully saturated rings. The Morgan fingerprint density at radius 1 is 1.20 bits per heavy atom. The molecule has 0 aliphatic rings. The molecule has 1 aromatic carbocycles. The first-order chi connectivity index (χ1) is 14.1. The van der Waals surface area contributed by atoms with E-state index < -0.39 is 35.8 Å². The van der Waals surface area contributed by atoms with E-state index in [4.69, 9.17) is 10.2 Å². The second kappa shape index (κ2) is 8.61. The number of aromatic nitrogens is 3. The molecule has 2 atom stereocenters. The van der Waals surface area contributed by atoms with Crippen LogP contribution in [-0.2, 0) is 17.4 Å². The Labute approximate surface area is 166 Å². The second-order valence-electron chi connectivity index (χ2n) is 6.49. The number of rotatable bonds is 8. The van der Waals surface area contributed by atoms with Crippen LogP contribution < -0.4 is 5.73 Å². The number of hydrogen-bond donors (Lipinski definition) is 2. The van der Waals surface area contributed by atoms with Crippen molar-refractivity contribution in [1.82, 2.24) is 15.1 Å². The lowest BCUT2D eigenvalue weighted by atomic mass is 9.94. The SMILES string of the molecule is NC(=O)C(CCc1noc(C(F)(F)F)n1)CC(O)c1coc(-c2ccc(F)cc2)n1. The van der Waals surface area contributed by atoms with E-state index in [0.29, 0.717) is 5.56 Å². The number of carbonyl (C=O) groups is 1. The van der Waals surface area contributed by atoms with E-state index in [2.05, 4.69) is 19.6 Å². The molecule has 12 heteroatoms. The third kappa shape index (κ3) is 5.20. The summed E-state index contributed by atoms with van der Waals surface area (Å²) < 4.78 is 59.9. The lowest BCUT2D eigenvalue weighted by molar-refractivity contribution is -0.159. The van der Waals surface area contributed by atoms with Crippen molar-refractivity contribution in [3.8, 4) is 11.5 Å². The van der Waals surface area contributed by atoms with Gasteiger partial charge in [-0.1, -0.05) is 5.16 Å². The van der Waals surface area contributed by atoms with Crippen LogP contribution >= 0.6 is 0 Å². The van der Waals surface area contributed by atoms with Gasteiger partial charge in [0.2, 0.25) is 11.8 Å². The molecule has 8 nitrogen and oxygen atoms in total. The average Bonchev–Trinajstić information content (AvgIpc) is 3.35. The summed E-state index contributed by atoms with van der Waals surface area (Å²) in [5.74, 6) is -3.65. The monoisotopic (exact) mass is 428 g/mol. The number of carbonyl (C=O) groups excluding carboxylic acids is 1. The van der Waals surface area contributed by atoms with Crippen LogP contribution in [0, 0.1) is 11.7 Å². The quantitative estimate of drug-likeness (QED) is 0.528. The zero-order valence-electron chi connectivity index (χ0n) is 15.3. The first-order valence-electron chi connectivity index (χ1n) is 8.72. The first kappa shape index (κ1) is 21.4. The molecule has 30 heavy (non-hydrogen) atoms. The minimum atomic E-state index is -4.76. The van der Waals surface area contributed by atoms with Gasteiger partial charge in [0.15, 0.2) is 5.82 Å². The average molecular weight is 428 g/mol. The molecule has 2 aromatic heterocycles. The standard InChI is InChI=1S/C18H16F4N4O4/c19-11-4-1-9(2-5-11)16-24-12(8-29-16)13(27)7-10(15(23)28)3-6-14-25-17(30-26-14)18(20,21)22/h1-2,4-5,8,10,13,27H,3,6-7H2,(H2,23,28). The number of nitrogens with two attached hydrogens (primary N) is 1. The second-order valence-corrected chi connectivity index (χ2v) is 6.49. The van der Waals surface area contributed by atoms with Gasteiger partial charge in [-0.05, 0) is 37.1 Å². The first-order valence-corrected chi connectivity index (χ1v) is 8.72. The summed E-state index contributed by atoms with van der Waals surface area (Å²) in [6.07, 6.45) is -5.06. The molecule has 2 heterocycles. The van der Waals surface area contributed by atoms with Gasteiger partial charge < -0.3 is 19.8 Å². The molecule has 0 saturated carbocycles. The molecule has 0 saturated heterocycles. The van der Waals surface area contributed by atoms with Crippen molar-refractivity contribution < 1.29 is 36.4 Å². The van der Waals surface area contributed by atoms with E-state index in [1.165, 1.54) is 30.5 Å². The number of halogens is 4. The molecule has 160 valence electrons. The van der Waals surface area contributed by atoms with E-state index in [9.17, 15) is 27.5 Å². The predicted octanol–water partition coefficient (Wildman–Crippen LogP) is 3.04. The Morgan fingerprint density at radius 3 is 2.50 bits per heavy atom. The van der Waals surface area contributed by atoms with Crippen molar-refractivity contribution in [3.63, 3.8) is 0 Å². The number of primary amides is 1. The normalized spacial score (nSPS) is 13.9. The highest BCUT2D eigenvalue weighted by molar-refractivity contribution is 5.76. The highest BCUT2D eigenvalue weighted by Gasteiger charge is 2.38. The highest BCUT2D eigenvalue weighted by atomic mass is 19.4. The van der Waals surface area contributed by atoms with Crippen LogP contribution in [0.1, 0.15) is 36.4 Å². The van der Waals surface area contributed by atoms with Gasteiger partial charge in [-0.3, -0.25) is 4.79 Å². The fourth-order valence-electron chi connectivity index (χ4n) is 2.70. The van der Waals surface area contributed by atoms with E-state index in [-0.39, 0.29) is 36.7 Å². The van der Waals surface area contributed by atoms with Gasteiger partial charge in [-0.2, -0.15) is 18.2 Å². The molecule has 0 radical (unpaired) electrons. The van der Waals surface area contributed by atoms with Crippen molar-refractivity contribution in [2.24, 2.45) is 11.7 Å². The molecule has 0 spiro atoms. The maximum Gasteiger partial charge on any atom is 0.471 e. The molecule has 3 rings (SSSR count). The maximum absolute atomic E-state index is 13.0. The van der Waals surface area contributed by atoms with E-state index >= 15 is 0 Å². The lowest BCUT2D eigenvalue weighted by Crippen LogP contribution is -2.26. The number of alkyl halides is 3. The minimum absolute atomic E-state index is 0.00804. The van der Waals surface area contributed by atoms with Crippen molar-refractivity contribution in [1.29, 1.82) is 0 Å². The fourth-order valence-corrected chi connectivity index (χ4v) is 2.70. The van der Waals surface area contributed by atoms with Crippen molar-refractivity contribution >= 4 is 5.91 Å². The Hall–Kier alpha value is -3.28. The molecule has 0 bridgehead atoms. The number of aliphatic hydroxyl groups excluding tert-OH is 1. The van der Waals surface area contributed by atoms with Gasteiger partial charge in [-0.25, -0.2) is 9.37 Å². The van der Waals surface area contributed by atoms with Crippen molar-refractivity contribution in [3.05, 3.63) is 53.8 Å². The number of aliphatic hydroxyl groups is 1. The fraction of sp³-hybridized carbons (Fsp3) is 0.333. The predicted molar refractivity (Wildman–Crippen MR) is 91.8 cm³/mol. The van der Waals surface area contributed by atoms with Gasteiger partial charge in [0.1, 0.15) is 17.8 Å². The molecule has 3 N–H and O–H groups in total. The van der Waals surface area contributed by atoms with Crippen LogP contribution in [-0.4, -0.2) is 26.1 Å². The largest absolute Gasteiger partial charge is 0.471 e. The van der Waals surface area contributed by atoms with Gasteiger partial charge in [-0.15, -0.1) is 0 Å². The molecule has 3 aromatic rings. The van der Waals surface area contributed by atoms with E-state index in [0.717, 1.165) is 0 Å². The molecule has 0 aliphatic heterocycles. The maximum atomic E-state index is 13.0. The van der Waals surface area contributed by atoms with E-state index in [1.807, 2.05) is 0 Å². The van der Waals surface area contributed by atoms with Gasteiger partial charge in [0.05, 0.1) is 6.10 Å². The van der Waals surface area contributed by atoms with Gasteiger partial charge in [0.25, 0.3) is 0 Å². The summed E-state index contributed by atoms with van der Waals surface area (Å²) in [5.41, 5.74) is 5.95. The van der Waals surface area contributed by atoms with Crippen LogP contribution in [0.4, 0.5) is 17.6 Å². The Morgan fingerprint density at radius 2 is 1.90 bits per heavy atom. The highest BCUT2D eigenvalue weighted by Crippen LogP contribution is 2.29.